The number of carboxylic acids is 1. The van der Waals surface area contributed by atoms with E-state index in [1.807, 2.05) is 0 Å². The van der Waals surface area contributed by atoms with Gasteiger partial charge in [-0.1, -0.05) is 0 Å². The van der Waals surface area contributed by atoms with E-state index >= 15 is 0 Å². The average Bonchev–Trinajstić information content (AvgIpc) is 2.27. The zero-order valence-corrected chi connectivity index (χ0v) is 9.37. The number of carboxylic acid groups (broad SMARTS) is 1. The van der Waals surface area contributed by atoms with Crippen LogP contribution in [0.2, 0.25) is 0 Å². The molecule has 94 valence electrons. The Bertz CT molecular complexity index is 418. The number of hydrogen-bond acceptors (Lipinski definition) is 3. The molecular formula is C11H12F2O4. The molecule has 0 bridgehead atoms. The summed E-state index contributed by atoms with van der Waals surface area (Å²) in [6, 6.07) is 2.36. The Kier molecular flexibility index (Phi) is 4.25. The zero-order valence-electron chi connectivity index (χ0n) is 9.37. The molecule has 0 aliphatic heterocycles. The van der Waals surface area contributed by atoms with Crippen molar-refractivity contribution in [1.82, 2.24) is 0 Å². The first-order valence-electron chi connectivity index (χ1n) is 4.74. The van der Waals surface area contributed by atoms with E-state index < -0.39 is 12.4 Å². The number of alkyl halides is 2. The summed E-state index contributed by atoms with van der Waals surface area (Å²) in [7, 11) is 2.54. The first kappa shape index (κ1) is 13.2. The Hall–Kier alpha value is -1.85. The Morgan fingerprint density at radius 1 is 1.29 bits per heavy atom. The van der Waals surface area contributed by atoms with Crippen molar-refractivity contribution in [3.05, 3.63) is 23.3 Å². The number of halogens is 2. The number of aliphatic carboxylic acids is 1. The van der Waals surface area contributed by atoms with E-state index in [1.54, 1.807) is 0 Å². The van der Waals surface area contributed by atoms with Gasteiger partial charge in [-0.2, -0.15) is 0 Å². The molecular weight excluding hydrogens is 234 g/mol. The quantitative estimate of drug-likeness (QED) is 0.865. The summed E-state index contributed by atoms with van der Waals surface area (Å²) in [5.74, 6) is -1.00. The van der Waals surface area contributed by atoms with Gasteiger partial charge in [0, 0.05) is 5.56 Å². The SMILES string of the molecule is COc1cc(C(F)F)c(OC)cc1CC(=O)O. The van der Waals surface area contributed by atoms with E-state index in [4.69, 9.17) is 14.6 Å². The molecule has 0 unspecified atom stereocenters. The Labute approximate surface area is 96.8 Å². The molecule has 0 radical (unpaired) electrons. The molecule has 0 amide bonds. The van der Waals surface area contributed by atoms with Gasteiger partial charge in [-0.05, 0) is 12.1 Å². The lowest BCUT2D eigenvalue weighted by Crippen LogP contribution is -2.04. The maximum Gasteiger partial charge on any atom is 0.307 e. The fraction of sp³-hybridized carbons (Fsp3) is 0.364. The van der Waals surface area contributed by atoms with Gasteiger partial charge in [0.25, 0.3) is 6.43 Å². The van der Waals surface area contributed by atoms with E-state index in [-0.39, 0.29) is 23.5 Å². The van der Waals surface area contributed by atoms with Crippen LogP contribution in [0.3, 0.4) is 0 Å². The summed E-state index contributed by atoms with van der Waals surface area (Å²) in [5, 5.41) is 8.68. The van der Waals surface area contributed by atoms with Crippen molar-refractivity contribution in [2.24, 2.45) is 0 Å². The van der Waals surface area contributed by atoms with Crippen molar-refractivity contribution in [3.63, 3.8) is 0 Å². The maximum atomic E-state index is 12.7. The van der Waals surface area contributed by atoms with Crippen molar-refractivity contribution in [3.8, 4) is 11.5 Å². The lowest BCUT2D eigenvalue weighted by molar-refractivity contribution is -0.136. The van der Waals surface area contributed by atoms with Crippen LogP contribution >= 0.6 is 0 Å². The van der Waals surface area contributed by atoms with Crippen molar-refractivity contribution >= 4 is 5.97 Å². The fourth-order valence-electron chi connectivity index (χ4n) is 1.46. The largest absolute Gasteiger partial charge is 0.496 e. The first-order chi connectivity index (χ1) is 7.99. The molecule has 0 saturated carbocycles. The minimum Gasteiger partial charge on any atom is -0.496 e. The summed E-state index contributed by atoms with van der Waals surface area (Å²) in [4.78, 5) is 10.6. The van der Waals surface area contributed by atoms with Crippen LogP contribution in [0.15, 0.2) is 12.1 Å². The third kappa shape index (κ3) is 3.05. The van der Waals surface area contributed by atoms with Gasteiger partial charge in [-0.15, -0.1) is 0 Å². The molecule has 1 rings (SSSR count). The number of carbonyl (C=O) groups is 1. The molecule has 1 N–H and O–H groups in total. The third-order valence-electron chi connectivity index (χ3n) is 2.21. The highest BCUT2D eigenvalue weighted by molar-refractivity contribution is 5.72. The number of methoxy groups -OCH3 is 2. The van der Waals surface area contributed by atoms with Crippen molar-refractivity contribution in [2.75, 3.05) is 14.2 Å². The van der Waals surface area contributed by atoms with Gasteiger partial charge in [-0.3, -0.25) is 4.79 Å². The average molecular weight is 246 g/mol. The smallest absolute Gasteiger partial charge is 0.307 e. The molecule has 0 aromatic heterocycles. The molecule has 4 nitrogen and oxygen atoms in total. The predicted octanol–water partition coefficient (Wildman–Crippen LogP) is 2.27. The highest BCUT2D eigenvalue weighted by atomic mass is 19.3. The van der Waals surface area contributed by atoms with Crippen LogP contribution in [0.1, 0.15) is 17.6 Å². The zero-order chi connectivity index (χ0) is 13.0. The molecule has 0 aliphatic rings. The summed E-state index contributed by atoms with van der Waals surface area (Å²) in [5.41, 5.74) is -0.0280. The van der Waals surface area contributed by atoms with Crippen LogP contribution in [-0.4, -0.2) is 25.3 Å². The number of benzene rings is 1. The van der Waals surface area contributed by atoms with Gasteiger partial charge < -0.3 is 14.6 Å². The first-order valence-corrected chi connectivity index (χ1v) is 4.74. The monoisotopic (exact) mass is 246 g/mol. The van der Waals surface area contributed by atoms with Crippen LogP contribution in [0, 0.1) is 0 Å². The fourth-order valence-corrected chi connectivity index (χ4v) is 1.46. The van der Waals surface area contributed by atoms with Crippen LogP contribution < -0.4 is 9.47 Å². The van der Waals surface area contributed by atoms with Gasteiger partial charge in [0.1, 0.15) is 11.5 Å². The summed E-state index contributed by atoms with van der Waals surface area (Å²) >= 11 is 0. The standard InChI is InChI=1S/C11H12F2O4/c1-16-8-5-7(11(12)13)9(17-2)3-6(8)4-10(14)15/h3,5,11H,4H2,1-2H3,(H,14,15). The molecule has 6 heteroatoms. The molecule has 1 aromatic carbocycles. The highest BCUT2D eigenvalue weighted by Crippen LogP contribution is 2.35. The molecule has 1 aromatic rings. The van der Waals surface area contributed by atoms with Crippen LogP contribution in [0.4, 0.5) is 8.78 Å². The topological polar surface area (TPSA) is 55.8 Å². The molecule has 0 atom stereocenters. The normalized spacial score (nSPS) is 10.4. The second-order valence-electron chi connectivity index (χ2n) is 3.28. The third-order valence-corrected chi connectivity index (χ3v) is 2.21. The predicted molar refractivity (Wildman–Crippen MR) is 55.8 cm³/mol. The van der Waals surface area contributed by atoms with Gasteiger partial charge in [0.15, 0.2) is 0 Å². The summed E-state index contributed by atoms with van der Waals surface area (Å²) in [6.45, 7) is 0. The van der Waals surface area contributed by atoms with Gasteiger partial charge in [0.05, 0.1) is 26.2 Å². The van der Waals surface area contributed by atoms with Crippen molar-refractivity contribution in [1.29, 1.82) is 0 Å². The van der Waals surface area contributed by atoms with Crippen LogP contribution in [0.25, 0.3) is 0 Å². The second-order valence-corrected chi connectivity index (χ2v) is 3.28. The molecule has 0 spiro atoms. The number of rotatable bonds is 5. The number of ether oxygens (including phenoxy) is 2. The molecule has 0 fully saturated rings. The van der Waals surface area contributed by atoms with Gasteiger partial charge in [-0.25, -0.2) is 8.78 Å². The van der Waals surface area contributed by atoms with Crippen LogP contribution in [-0.2, 0) is 11.2 Å². The van der Waals surface area contributed by atoms with E-state index in [0.29, 0.717) is 5.56 Å². The molecule has 0 aliphatic carbocycles. The molecule has 0 saturated heterocycles. The number of hydrogen-bond donors (Lipinski definition) is 1. The van der Waals surface area contributed by atoms with E-state index in [1.165, 1.54) is 20.3 Å². The lowest BCUT2D eigenvalue weighted by atomic mass is 10.1. The minimum atomic E-state index is -2.71. The Balaban J connectivity index is 3.27. The second kappa shape index (κ2) is 5.47. The van der Waals surface area contributed by atoms with E-state index in [2.05, 4.69) is 0 Å². The molecule has 17 heavy (non-hydrogen) atoms. The maximum absolute atomic E-state index is 12.7. The van der Waals surface area contributed by atoms with E-state index in [0.717, 1.165) is 6.07 Å². The van der Waals surface area contributed by atoms with Crippen molar-refractivity contribution < 1.29 is 28.2 Å². The minimum absolute atomic E-state index is 0.0444. The van der Waals surface area contributed by atoms with Gasteiger partial charge >= 0.3 is 5.97 Å². The van der Waals surface area contributed by atoms with Gasteiger partial charge in [0.2, 0.25) is 0 Å². The molecule has 0 heterocycles. The Morgan fingerprint density at radius 2 is 1.88 bits per heavy atom. The Morgan fingerprint density at radius 3 is 2.29 bits per heavy atom. The highest BCUT2D eigenvalue weighted by Gasteiger charge is 2.19. The lowest BCUT2D eigenvalue weighted by Gasteiger charge is -2.13. The summed E-state index contributed by atoms with van der Waals surface area (Å²) in [6.07, 6.45) is -3.03. The van der Waals surface area contributed by atoms with Crippen molar-refractivity contribution in [2.45, 2.75) is 12.8 Å². The van der Waals surface area contributed by atoms with Crippen LogP contribution in [0.5, 0.6) is 11.5 Å². The van der Waals surface area contributed by atoms with E-state index in [9.17, 15) is 13.6 Å². The summed E-state index contributed by atoms with van der Waals surface area (Å²) < 4.78 is 35.0.